The minimum Gasteiger partial charge on any atom is -0.351 e. The van der Waals surface area contributed by atoms with Gasteiger partial charge in [-0.15, -0.1) is 0 Å². The summed E-state index contributed by atoms with van der Waals surface area (Å²) in [5, 5.41) is 4.12. The Hall–Kier alpha value is -2.62. The average Bonchev–Trinajstić information content (AvgIpc) is 2.50. The summed E-state index contributed by atoms with van der Waals surface area (Å²) in [6, 6.07) is 2.80. The van der Waals surface area contributed by atoms with Crippen molar-refractivity contribution in [2.75, 3.05) is 18.4 Å². The van der Waals surface area contributed by atoms with Gasteiger partial charge in [0.2, 0.25) is 0 Å². The van der Waals surface area contributed by atoms with Crippen molar-refractivity contribution in [3.05, 3.63) is 29.8 Å². The Morgan fingerprint density at radius 2 is 1.84 bits per heavy atom. The number of alkyl halides is 3. The van der Waals surface area contributed by atoms with Gasteiger partial charge < -0.3 is 16.0 Å². The van der Waals surface area contributed by atoms with Crippen molar-refractivity contribution in [1.82, 2.24) is 5.32 Å². The molecule has 5 N–H and O–H groups in total. The van der Waals surface area contributed by atoms with E-state index in [-0.39, 0.29) is 12.2 Å². The number of urea groups is 1. The van der Waals surface area contributed by atoms with Crippen molar-refractivity contribution in [3.8, 4) is 0 Å². The molecular weight excluding hydrogens is 341 g/mol. The molecule has 1 aromatic carbocycles. The Morgan fingerprint density at radius 1 is 1.24 bits per heavy atom. The number of carbonyl (C=O) groups excluding carboxylic acids is 3. The quantitative estimate of drug-likeness (QED) is 0.579. The molecule has 10 heteroatoms. The molecule has 0 heterocycles. The molecular formula is C15H20F3N4O3+. The summed E-state index contributed by atoms with van der Waals surface area (Å²) in [5.74, 6) is -1.36. The first-order chi connectivity index (χ1) is 11.6. The van der Waals surface area contributed by atoms with Gasteiger partial charge in [0.25, 0.3) is 11.8 Å². The fraction of sp³-hybridized carbons (Fsp3) is 0.400. The Balaban J connectivity index is 2.81. The number of halogens is 3. The minimum absolute atomic E-state index is 0.254. The first-order valence-electron chi connectivity index (χ1n) is 7.47. The van der Waals surface area contributed by atoms with Crippen molar-refractivity contribution in [1.29, 1.82) is 0 Å². The molecule has 4 amide bonds. The molecule has 1 aromatic rings. The molecule has 0 spiro atoms. The van der Waals surface area contributed by atoms with Gasteiger partial charge in [-0.05, 0) is 26.0 Å². The predicted molar refractivity (Wildman–Crippen MR) is 83.6 cm³/mol. The lowest BCUT2D eigenvalue weighted by Crippen LogP contribution is -3.17. The lowest BCUT2D eigenvalue weighted by molar-refractivity contribution is -0.904. The van der Waals surface area contributed by atoms with Gasteiger partial charge in [-0.1, -0.05) is 12.1 Å². The zero-order chi connectivity index (χ0) is 19.2. The standard InChI is InChI=1S/C15H19F3N4O3/c1-3-22(9(2)13(24)21-14(19)25)8-12(23)20-11-7-5-4-6-10(11)15(16,17)18/h4-7,9H,3,8H2,1-2H3,(H,20,23)(H3,19,21,24,25)/p+1/t9-/m0/s1. The third-order valence-electron chi connectivity index (χ3n) is 3.60. The molecule has 0 aromatic heterocycles. The van der Waals surface area contributed by atoms with Crippen molar-refractivity contribution in [3.63, 3.8) is 0 Å². The smallest absolute Gasteiger partial charge is 0.351 e. The maximum absolute atomic E-state index is 12.9. The van der Waals surface area contributed by atoms with Crippen molar-refractivity contribution >= 4 is 23.5 Å². The third kappa shape index (κ3) is 6.07. The van der Waals surface area contributed by atoms with Crippen LogP contribution in [0.1, 0.15) is 19.4 Å². The Morgan fingerprint density at radius 3 is 2.36 bits per heavy atom. The van der Waals surface area contributed by atoms with E-state index in [0.717, 1.165) is 12.1 Å². The summed E-state index contributed by atoms with van der Waals surface area (Å²) >= 11 is 0. The van der Waals surface area contributed by atoms with Gasteiger partial charge in [-0.3, -0.25) is 14.9 Å². The van der Waals surface area contributed by atoms with E-state index in [4.69, 9.17) is 5.73 Å². The van der Waals surface area contributed by atoms with Gasteiger partial charge in [-0.25, -0.2) is 4.79 Å². The van der Waals surface area contributed by atoms with Crippen LogP contribution in [0.2, 0.25) is 0 Å². The molecule has 7 nitrogen and oxygen atoms in total. The van der Waals surface area contributed by atoms with Crippen LogP contribution in [0.15, 0.2) is 24.3 Å². The van der Waals surface area contributed by atoms with Crippen LogP contribution in [0.4, 0.5) is 23.7 Å². The largest absolute Gasteiger partial charge is 0.418 e. The van der Waals surface area contributed by atoms with Crippen LogP contribution in [-0.4, -0.2) is 37.0 Å². The van der Waals surface area contributed by atoms with Crippen LogP contribution in [0.5, 0.6) is 0 Å². The summed E-state index contributed by atoms with van der Waals surface area (Å²) in [6.07, 6.45) is -4.60. The van der Waals surface area contributed by atoms with E-state index >= 15 is 0 Å². The number of nitrogens with one attached hydrogen (secondary N) is 3. The number of hydrogen-bond acceptors (Lipinski definition) is 3. The second-order valence-corrected chi connectivity index (χ2v) is 5.36. The SMILES string of the molecule is CC[NH+](CC(=O)Nc1ccccc1C(F)(F)F)[C@@H](C)C(=O)NC(N)=O. The van der Waals surface area contributed by atoms with E-state index < -0.39 is 35.6 Å². The number of carbonyl (C=O) groups is 3. The summed E-state index contributed by atoms with van der Waals surface area (Å²) in [4.78, 5) is 35.0. The van der Waals surface area contributed by atoms with Gasteiger partial charge in [0.05, 0.1) is 17.8 Å². The van der Waals surface area contributed by atoms with Crippen LogP contribution in [0.3, 0.4) is 0 Å². The van der Waals surface area contributed by atoms with Gasteiger partial charge in [0.1, 0.15) is 0 Å². The van der Waals surface area contributed by atoms with Crippen LogP contribution in [0, 0.1) is 0 Å². The van der Waals surface area contributed by atoms with Gasteiger partial charge in [-0.2, -0.15) is 13.2 Å². The molecule has 138 valence electrons. The highest BCUT2D eigenvalue weighted by Crippen LogP contribution is 2.34. The topological polar surface area (TPSA) is 106 Å². The molecule has 25 heavy (non-hydrogen) atoms. The molecule has 0 bridgehead atoms. The molecule has 1 rings (SSSR count). The molecule has 0 aliphatic heterocycles. The Bertz CT molecular complexity index is 649. The molecule has 0 radical (unpaired) electrons. The van der Waals surface area contributed by atoms with Gasteiger partial charge in [0, 0.05) is 0 Å². The summed E-state index contributed by atoms with van der Waals surface area (Å²) < 4.78 is 38.8. The molecule has 0 aliphatic carbocycles. The van der Waals surface area contributed by atoms with Gasteiger partial charge >= 0.3 is 12.2 Å². The number of benzene rings is 1. The number of para-hydroxylation sites is 1. The van der Waals surface area contributed by atoms with Crippen molar-refractivity contribution in [2.45, 2.75) is 26.1 Å². The van der Waals surface area contributed by atoms with Crippen LogP contribution < -0.4 is 21.3 Å². The van der Waals surface area contributed by atoms with E-state index in [9.17, 15) is 27.6 Å². The van der Waals surface area contributed by atoms with Crippen LogP contribution >= 0.6 is 0 Å². The number of rotatable bonds is 6. The van der Waals surface area contributed by atoms with Crippen LogP contribution in [0.25, 0.3) is 0 Å². The zero-order valence-corrected chi connectivity index (χ0v) is 13.7. The number of anilines is 1. The Kier molecular flexibility index (Phi) is 6.92. The number of hydrogen-bond donors (Lipinski definition) is 4. The number of likely N-dealkylation sites (N-methyl/N-ethyl adjacent to an activating group) is 1. The normalized spacial score (nSPS) is 13.6. The first-order valence-corrected chi connectivity index (χ1v) is 7.47. The average molecular weight is 361 g/mol. The molecule has 0 saturated carbocycles. The predicted octanol–water partition coefficient (Wildman–Crippen LogP) is 0.132. The summed E-state index contributed by atoms with van der Waals surface area (Å²) in [7, 11) is 0. The monoisotopic (exact) mass is 361 g/mol. The molecule has 1 unspecified atom stereocenters. The van der Waals surface area contributed by atoms with E-state index in [1.165, 1.54) is 19.1 Å². The molecule has 0 fully saturated rings. The van der Waals surface area contributed by atoms with Crippen molar-refractivity contribution < 1.29 is 32.5 Å². The minimum atomic E-state index is -4.60. The van der Waals surface area contributed by atoms with E-state index in [1.54, 1.807) is 6.92 Å². The number of amides is 4. The highest BCUT2D eigenvalue weighted by atomic mass is 19.4. The lowest BCUT2D eigenvalue weighted by atomic mass is 10.1. The van der Waals surface area contributed by atoms with Gasteiger partial charge in [0.15, 0.2) is 12.6 Å². The summed E-state index contributed by atoms with van der Waals surface area (Å²) in [6.45, 7) is 3.26. The molecule has 2 atom stereocenters. The fourth-order valence-corrected chi connectivity index (χ4v) is 2.24. The second-order valence-electron chi connectivity index (χ2n) is 5.36. The van der Waals surface area contributed by atoms with E-state index in [2.05, 4.69) is 5.32 Å². The highest BCUT2D eigenvalue weighted by molar-refractivity contribution is 5.96. The van der Waals surface area contributed by atoms with Crippen LogP contribution in [-0.2, 0) is 15.8 Å². The fourth-order valence-electron chi connectivity index (χ4n) is 2.24. The maximum Gasteiger partial charge on any atom is 0.418 e. The summed E-state index contributed by atoms with van der Waals surface area (Å²) in [5.41, 5.74) is 3.55. The second kappa shape index (κ2) is 8.47. The maximum atomic E-state index is 12.9. The van der Waals surface area contributed by atoms with Crippen molar-refractivity contribution in [2.24, 2.45) is 5.73 Å². The zero-order valence-electron chi connectivity index (χ0n) is 13.7. The first kappa shape index (κ1) is 20.4. The molecule has 0 saturated heterocycles. The Labute approximate surface area is 142 Å². The molecule has 0 aliphatic rings. The third-order valence-corrected chi connectivity index (χ3v) is 3.60. The number of quaternary nitrogens is 1. The highest BCUT2D eigenvalue weighted by Gasteiger charge is 2.34. The number of nitrogens with two attached hydrogens (primary N) is 1. The number of primary amides is 1. The van der Waals surface area contributed by atoms with E-state index in [0.29, 0.717) is 11.4 Å². The van der Waals surface area contributed by atoms with E-state index in [1.807, 2.05) is 5.32 Å². The lowest BCUT2D eigenvalue weighted by Gasteiger charge is -2.23. The number of imide groups is 1.